The fourth-order valence-electron chi connectivity index (χ4n) is 5.06. The summed E-state index contributed by atoms with van der Waals surface area (Å²) in [5.41, 5.74) is 5.34. The summed E-state index contributed by atoms with van der Waals surface area (Å²) in [6.07, 6.45) is 8.05. The van der Waals surface area contributed by atoms with Gasteiger partial charge >= 0.3 is 0 Å². The number of aryl methyl sites for hydroxylation is 2. The molecule has 0 saturated carbocycles. The molecule has 1 aliphatic carbocycles. The zero-order valence-electron chi connectivity index (χ0n) is 16.5. The second-order valence-corrected chi connectivity index (χ2v) is 9.29. The number of fused-ring (bicyclic) bond motifs is 4. The van der Waals surface area contributed by atoms with Crippen LogP contribution in [0.25, 0.3) is 10.3 Å². The largest absolute Gasteiger partial charge is 0.376 e. The van der Waals surface area contributed by atoms with E-state index in [-0.39, 0.29) is 6.04 Å². The number of nitrogens with one attached hydrogen (secondary N) is 1. The van der Waals surface area contributed by atoms with Gasteiger partial charge in [0.05, 0.1) is 36.2 Å². The molecule has 9 heteroatoms. The number of ether oxygens (including phenoxy) is 1. The number of anilines is 2. The van der Waals surface area contributed by atoms with E-state index >= 15 is 0 Å². The summed E-state index contributed by atoms with van der Waals surface area (Å²) in [6.45, 7) is 2.70. The minimum Gasteiger partial charge on any atom is -0.376 e. The lowest BCUT2D eigenvalue weighted by Crippen LogP contribution is -2.40. The molecule has 1 N–H and O–H groups in total. The smallest absolute Gasteiger partial charge is 0.228 e. The molecule has 0 radical (unpaired) electrons. The molecule has 3 aromatic rings. The molecule has 2 fully saturated rings. The molecule has 2 aliphatic heterocycles. The maximum atomic E-state index is 5.88. The third kappa shape index (κ3) is 3.07. The van der Waals surface area contributed by atoms with Crippen LogP contribution < -0.4 is 10.2 Å². The number of rotatable bonds is 3. The summed E-state index contributed by atoms with van der Waals surface area (Å²) in [7, 11) is 2.03. The lowest BCUT2D eigenvalue weighted by atomic mass is 10.0. The Morgan fingerprint density at radius 2 is 2.21 bits per heavy atom. The Kier molecular flexibility index (Phi) is 4.19. The Balaban J connectivity index is 1.37. The lowest BCUT2D eigenvalue weighted by Gasteiger charge is -2.30. The van der Waals surface area contributed by atoms with Crippen molar-refractivity contribution in [1.82, 2.24) is 24.7 Å². The van der Waals surface area contributed by atoms with Crippen LogP contribution in [0, 0.1) is 5.92 Å². The molecular weight excluding hydrogens is 386 g/mol. The standard InChI is InChI=1S/C20H25N7OS/c1-26-17-13(7-22-26)4-2-3-5-15(17)23-18-16-19(29-11-21-16)25-20(24-18)27-8-12-6-14(9-27)28-10-12/h7,11-12,14-15H,2-6,8-10H2,1H3,(H,23,24,25). The van der Waals surface area contributed by atoms with Crippen molar-refractivity contribution in [2.75, 3.05) is 29.9 Å². The summed E-state index contributed by atoms with van der Waals surface area (Å²) < 4.78 is 7.89. The van der Waals surface area contributed by atoms with E-state index in [1.54, 1.807) is 11.3 Å². The van der Waals surface area contributed by atoms with Gasteiger partial charge in [-0.15, -0.1) is 11.3 Å². The van der Waals surface area contributed by atoms with Crippen LogP contribution in [0.15, 0.2) is 11.7 Å². The van der Waals surface area contributed by atoms with Crippen LogP contribution in [0.1, 0.15) is 43.0 Å². The summed E-state index contributed by atoms with van der Waals surface area (Å²) in [6, 6.07) is 0.188. The first-order valence-corrected chi connectivity index (χ1v) is 11.4. The molecule has 3 aromatic heterocycles. The topological polar surface area (TPSA) is 81.0 Å². The molecule has 0 aromatic carbocycles. The number of thiazole rings is 1. The summed E-state index contributed by atoms with van der Waals surface area (Å²) in [4.78, 5) is 17.6. The Morgan fingerprint density at radius 1 is 1.24 bits per heavy atom. The first-order valence-electron chi connectivity index (χ1n) is 10.5. The number of hydrogen-bond donors (Lipinski definition) is 1. The highest BCUT2D eigenvalue weighted by Gasteiger charge is 2.35. The Hall–Kier alpha value is -2.26. The van der Waals surface area contributed by atoms with E-state index in [1.165, 1.54) is 24.1 Å². The van der Waals surface area contributed by atoms with E-state index in [2.05, 4.69) is 20.3 Å². The molecule has 29 heavy (non-hydrogen) atoms. The van der Waals surface area contributed by atoms with Crippen LogP contribution in [-0.2, 0) is 18.2 Å². The summed E-state index contributed by atoms with van der Waals surface area (Å²) in [5, 5.41) is 8.23. The SMILES string of the molecule is Cn1ncc2c1C(Nc1nc(N3CC4COC(C4)C3)nc3scnc13)CCCC2. The van der Waals surface area contributed by atoms with Crippen LogP contribution in [0.2, 0.25) is 0 Å². The number of hydrogen-bond acceptors (Lipinski definition) is 8. The molecule has 3 atom stereocenters. The Bertz CT molecular complexity index is 1030. The second kappa shape index (κ2) is 6.91. The van der Waals surface area contributed by atoms with Crippen molar-refractivity contribution in [3.8, 4) is 0 Å². The van der Waals surface area contributed by atoms with Crippen LogP contribution in [0.3, 0.4) is 0 Å². The molecule has 3 aliphatic rings. The van der Waals surface area contributed by atoms with Crippen LogP contribution in [-0.4, -0.2) is 50.5 Å². The quantitative estimate of drug-likeness (QED) is 0.664. The van der Waals surface area contributed by atoms with Crippen molar-refractivity contribution in [1.29, 1.82) is 0 Å². The molecule has 5 heterocycles. The van der Waals surface area contributed by atoms with Crippen LogP contribution >= 0.6 is 11.3 Å². The van der Waals surface area contributed by atoms with Gasteiger partial charge in [0.1, 0.15) is 5.52 Å². The molecule has 2 saturated heterocycles. The van der Waals surface area contributed by atoms with Crippen LogP contribution in [0.5, 0.6) is 0 Å². The van der Waals surface area contributed by atoms with E-state index < -0.39 is 0 Å². The van der Waals surface area contributed by atoms with Gasteiger partial charge in [-0.3, -0.25) is 4.68 Å². The van der Waals surface area contributed by atoms with Gasteiger partial charge < -0.3 is 15.0 Å². The average molecular weight is 412 g/mol. The predicted octanol–water partition coefficient (Wildman–Crippen LogP) is 2.92. The number of aromatic nitrogens is 5. The molecule has 2 bridgehead atoms. The minimum absolute atomic E-state index is 0.188. The van der Waals surface area contributed by atoms with Gasteiger partial charge in [0.25, 0.3) is 0 Å². The first kappa shape index (κ1) is 17.6. The van der Waals surface area contributed by atoms with Crippen molar-refractivity contribution in [2.24, 2.45) is 13.0 Å². The summed E-state index contributed by atoms with van der Waals surface area (Å²) >= 11 is 1.58. The molecule has 152 valence electrons. The third-order valence-electron chi connectivity index (χ3n) is 6.43. The average Bonchev–Trinajstić information content (AvgIpc) is 3.39. The molecular formula is C20H25N7OS. The second-order valence-electron chi connectivity index (χ2n) is 8.46. The third-order valence-corrected chi connectivity index (χ3v) is 7.15. The normalized spacial score (nSPS) is 26.5. The van der Waals surface area contributed by atoms with E-state index in [1.807, 2.05) is 23.4 Å². The van der Waals surface area contributed by atoms with Gasteiger partial charge in [-0.25, -0.2) is 4.98 Å². The fraction of sp³-hybridized carbons (Fsp3) is 0.600. The zero-order valence-corrected chi connectivity index (χ0v) is 17.4. The monoisotopic (exact) mass is 411 g/mol. The maximum absolute atomic E-state index is 5.88. The van der Waals surface area contributed by atoms with Crippen molar-refractivity contribution in [3.63, 3.8) is 0 Å². The van der Waals surface area contributed by atoms with Crippen molar-refractivity contribution in [2.45, 2.75) is 44.2 Å². The van der Waals surface area contributed by atoms with E-state index in [0.717, 1.165) is 61.1 Å². The van der Waals surface area contributed by atoms with E-state index in [0.29, 0.717) is 12.0 Å². The van der Waals surface area contributed by atoms with E-state index in [4.69, 9.17) is 14.7 Å². The number of piperidine rings is 1. The molecule has 6 rings (SSSR count). The van der Waals surface area contributed by atoms with Crippen molar-refractivity contribution < 1.29 is 4.74 Å². The zero-order chi connectivity index (χ0) is 19.4. The molecule has 3 unspecified atom stereocenters. The Morgan fingerprint density at radius 3 is 3.14 bits per heavy atom. The van der Waals surface area contributed by atoms with Gasteiger partial charge in [0, 0.05) is 26.1 Å². The summed E-state index contributed by atoms with van der Waals surface area (Å²) in [5.74, 6) is 2.22. The first-order chi connectivity index (χ1) is 14.2. The lowest BCUT2D eigenvalue weighted by molar-refractivity contribution is 0.119. The van der Waals surface area contributed by atoms with Gasteiger partial charge in [-0.1, -0.05) is 6.42 Å². The molecule has 8 nitrogen and oxygen atoms in total. The van der Waals surface area contributed by atoms with Crippen molar-refractivity contribution >= 4 is 33.5 Å². The van der Waals surface area contributed by atoms with Crippen molar-refractivity contribution in [3.05, 3.63) is 23.0 Å². The van der Waals surface area contributed by atoms with Crippen LogP contribution in [0.4, 0.5) is 11.8 Å². The highest BCUT2D eigenvalue weighted by molar-refractivity contribution is 7.16. The maximum Gasteiger partial charge on any atom is 0.228 e. The fourth-order valence-corrected chi connectivity index (χ4v) is 5.72. The van der Waals surface area contributed by atoms with Gasteiger partial charge in [-0.05, 0) is 31.2 Å². The van der Waals surface area contributed by atoms with Gasteiger partial charge in [0.2, 0.25) is 5.95 Å². The highest BCUT2D eigenvalue weighted by atomic mass is 32.1. The van der Waals surface area contributed by atoms with Gasteiger partial charge in [-0.2, -0.15) is 15.1 Å². The number of nitrogens with zero attached hydrogens (tertiary/aromatic N) is 6. The minimum atomic E-state index is 0.188. The molecule has 0 spiro atoms. The Labute approximate surface area is 173 Å². The molecule has 0 amide bonds. The van der Waals surface area contributed by atoms with E-state index in [9.17, 15) is 0 Å². The predicted molar refractivity (Wildman–Crippen MR) is 112 cm³/mol. The van der Waals surface area contributed by atoms with Gasteiger partial charge in [0.15, 0.2) is 10.6 Å². The highest BCUT2D eigenvalue weighted by Crippen LogP contribution is 2.35.